The van der Waals surface area contributed by atoms with Crippen LogP contribution in [0, 0.1) is 11.8 Å². The average molecular weight is 338 g/mol. The van der Waals surface area contributed by atoms with Crippen LogP contribution in [-0.2, 0) is 16.1 Å². The van der Waals surface area contributed by atoms with E-state index in [2.05, 4.69) is 22.1 Å². The highest BCUT2D eigenvalue weighted by Crippen LogP contribution is 2.14. The third-order valence-electron chi connectivity index (χ3n) is 2.97. The van der Waals surface area contributed by atoms with Crippen molar-refractivity contribution in [3.63, 3.8) is 0 Å². The molecule has 0 aliphatic heterocycles. The van der Waals surface area contributed by atoms with Crippen LogP contribution in [0.2, 0.25) is 0 Å². The molecule has 130 valence electrons. The molecule has 0 saturated carbocycles. The van der Waals surface area contributed by atoms with Crippen LogP contribution in [0.25, 0.3) is 0 Å². The van der Waals surface area contributed by atoms with Crippen molar-refractivity contribution in [1.82, 2.24) is 4.98 Å². The number of carbonyl (C=O) groups is 1. The number of hydrogen-bond donors (Lipinski definition) is 1. The quantitative estimate of drug-likeness (QED) is 0.676. The van der Waals surface area contributed by atoms with Crippen molar-refractivity contribution in [2.24, 2.45) is 0 Å². The van der Waals surface area contributed by atoms with Gasteiger partial charge in [-0.25, -0.2) is 4.79 Å². The molecule has 5 heteroatoms. The lowest BCUT2D eigenvalue weighted by atomic mass is 10.2. The minimum Gasteiger partial charge on any atom is -0.444 e. The van der Waals surface area contributed by atoms with Gasteiger partial charge in [0.1, 0.15) is 12.2 Å². The maximum atomic E-state index is 11.9. The maximum absolute atomic E-state index is 11.9. The van der Waals surface area contributed by atoms with Gasteiger partial charge in [0.2, 0.25) is 0 Å². The van der Waals surface area contributed by atoms with Gasteiger partial charge in [-0.05, 0) is 32.4 Å². The Morgan fingerprint density at radius 3 is 2.68 bits per heavy atom. The Kier molecular flexibility index (Phi) is 6.55. The first-order chi connectivity index (χ1) is 11.9. The molecule has 25 heavy (non-hydrogen) atoms. The molecular formula is C20H22N2O3. The first kappa shape index (κ1) is 18.5. The number of carbonyl (C=O) groups excluding carboxylic acids is 1. The molecule has 2 rings (SSSR count). The van der Waals surface area contributed by atoms with E-state index >= 15 is 0 Å². The van der Waals surface area contributed by atoms with Crippen molar-refractivity contribution in [3.05, 3.63) is 59.9 Å². The summed E-state index contributed by atoms with van der Waals surface area (Å²) in [5.41, 5.74) is 1.70. The monoisotopic (exact) mass is 338 g/mol. The highest BCUT2D eigenvalue weighted by Gasteiger charge is 2.16. The summed E-state index contributed by atoms with van der Waals surface area (Å²) >= 11 is 0. The van der Waals surface area contributed by atoms with E-state index in [9.17, 15) is 4.79 Å². The second-order valence-corrected chi connectivity index (χ2v) is 6.33. The Morgan fingerprint density at radius 1 is 1.20 bits per heavy atom. The highest BCUT2D eigenvalue weighted by molar-refractivity contribution is 5.86. The Labute approximate surface area is 148 Å². The molecule has 0 aliphatic rings. The number of aromatic nitrogens is 1. The number of nitrogens with zero attached hydrogens (tertiary/aromatic N) is 1. The molecular weight excluding hydrogens is 316 g/mol. The van der Waals surface area contributed by atoms with Crippen LogP contribution in [0.1, 0.15) is 31.9 Å². The summed E-state index contributed by atoms with van der Waals surface area (Å²) in [5.74, 6) is 5.89. The lowest BCUT2D eigenvalue weighted by Gasteiger charge is -2.19. The highest BCUT2D eigenvalue weighted by atomic mass is 16.6. The van der Waals surface area contributed by atoms with Gasteiger partial charge in [0.05, 0.1) is 17.9 Å². The first-order valence-electron chi connectivity index (χ1n) is 7.98. The van der Waals surface area contributed by atoms with Gasteiger partial charge in [-0.1, -0.05) is 42.2 Å². The van der Waals surface area contributed by atoms with Gasteiger partial charge in [-0.15, -0.1) is 0 Å². The number of rotatable bonds is 4. The largest absolute Gasteiger partial charge is 0.444 e. The van der Waals surface area contributed by atoms with E-state index in [1.54, 1.807) is 18.5 Å². The van der Waals surface area contributed by atoms with Crippen LogP contribution in [0.5, 0.6) is 0 Å². The van der Waals surface area contributed by atoms with Crippen molar-refractivity contribution in [3.8, 4) is 11.8 Å². The van der Waals surface area contributed by atoms with E-state index in [0.29, 0.717) is 17.9 Å². The van der Waals surface area contributed by atoms with Crippen molar-refractivity contribution < 1.29 is 14.3 Å². The third kappa shape index (κ3) is 7.06. The Morgan fingerprint density at radius 2 is 1.96 bits per heavy atom. The average Bonchev–Trinajstić information content (AvgIpc) is 2.55. The van der Waals surface area contributed by atoms with E-state index in [4.69, 9.17) is 9.47 Å². The van der Waals surface area contributed by atoms with E-state index < -0.39 is 11.7 Å². The summed E-state index contributed by atoms with van der Waals surface area (Å²) < 4.78 is 10.8. The number of benzene rings is 1. The van der Waals surface area contributed by atoms with Crippen molar-refractivity contribution in [2.45, 2.75) is 33.0 Å². The summed E-state index contributed by atoms with van der Waals surface area (Å²) in [6.45, 7) is 6.22. The fourth-order valence-electron chi connectivity index (χ4n) is 1.94. The summed E-state index contributed by atoms with van der Waals surface area (Å²) in [6.07, 6.45) is 2.66. The van der Waals surface area contributed by atoms with Crippen LogP contribution >= 0.6 is 0 Å². The van der Waals surface area contributed by atoms with E-state index in [1.165, 1.54) is 0 Å². The maximum Gasteiger partial charge on any atom is 0.412 e. The lowest BCUT2D eigenvalue weighted by Crippen LogP contribution is -2.27. The van der Waals surface area contributed by atoms with E-state index in [-0.39, 0.29) is 6.61 Å². The molecule has 0 fully saturated rings. The molecule has 0 radical (unpaired) electrons. The zero-order valence-electron chi connectivity index (χ0n) is 14.7. The molecule has 1 aromatic heterocycles. The molecule has 0 unspecified atom stereocenters. The topological polar surface area (TPSA) is 60.5 Å². The van der Waals surface area contributed by atoms with Crippen LogP contribution in [-0.4, -0.2) is 23.3 Å². The predicted molar refractivity (Wildman–Crippen MR) is 97.1 cm³/mol. The fourth-order valence-corrected chi connectivity index (χ4v) is 1.94. The molecule has 0 bridgehead atoms. The second-order valence-electron chi connectivity index (χ2n) is 6.33. The smallest absolute Gasteiger partial charge is 0.412 e. The van der Waals surface area contributed by atoms with Gasteiger partial charge < -0.3 is 9.47 Å². The molecule has 0 spiro atoms. The Hall–Kier alpha value is -2.84. The molecule has 5 nitrogen and oxygen atoms in total. The van der Waals surface area contributed by atoms with Crippen LogP contribution in [0.3, 0.4) is 0 Å². The number of ether oxygens (including phenoxy) is 2. The number of hydrogen-bond acceptors (Lipinski definition) is 4. The van der Waals surface area contributed by atoms with Gasteiger partial charge in [0.25, 0.3) is 0 Å². The van der Waals surface area contributed by atoms with Gasteiger partial charge >= 0.3 is 6.09 Å². The van der Waals surface area contributed by atoms with E-state index in [1.807, 2.05) is 51.1 Å². The van der Waals surface area contributed by atoms with Crippen LogP contribution < -0.4 is 5.32 Å². The molecule has 0 saturated heterocycles. The predicted octanol–water partition coefficient (Wildman–Crippen LogP) is 4.00. The van der Waals surface area contributed by atoms with Gasteiger partial charge in [0, 0.05) is 12.4 Å². The standard InChI is InChI=1S/C20H22N2O3/c1-20(2,3)25-19(23)22-18-11-12-21-14-17(18)10-7-13-24-15-16-8-5-4-6-9-16/h4-6,8-9,11-12,14H,13,15H2,1-3H3,(H,21,22,23). The Balaban J connectivity index is 1.91. The molecule has 1 N–H and O–H groups in total. The molecule has 0 aliphatic carbocycles. The first-order valence-corrected chi connectivity index (χ1v) is 7.98. The zero-order chi connectivity index (χ0) is 18.1. The van der Waals surface area contributed by atoms with Gasteiger partial charge in [0.15, 0.2) is 0 Å². The number of anilines is 1. The second kappa shape index (κ2) is 8.86. The summed E-state index contributed by atoms with van der Waals surface area (Å²) in [7, 11) is 0. The summed E-state index contributed by atoms with van der Waals surface area (Å²) in [5, 5.41) is 2.69. The minimum atomic E-state index is -0.561. The molecule has 0 atom stereocenters. The SMILES string of the molecule is CC(C)(C)OC(=O)Nc1ccncc1C#CCOCc1ccccc1. The van der Waals surface area contributed by atoms with Crippen LogP contribution in [0.4, 0.5) is 10.5 Å². The van der Waals surface area contributed by atoms with Crippen LogP contribution in [0.15, 0.2) is 48.8 Å². The number of nitrogens with one attached hydrogen (secondary N) is 1. The number of pyridine rings is 1. The normalized spacial score (nSPS) is 10.5. The zero-order valence-corrected chi connectivity index (χ0v) is 14.7. The number of amides is 1. The van der Waals surface area contributed by atoms with Crippen molar-refractivity contribution >= 4 is 11.8 Å². The van der Waals surface area contributed by atoms with Gasteiger partial charge in [-0.2, -0.15) is 0 Å². The molecule has 2 aromatic rings. The summed E-state index contributed by atoms with van der Waals surface area (Å²) in [6, 6.07) is 11.6. The molecule has 1 aromatic carbocycles. The fraction of sp³-hybridized carbons (Fsp3) is 0.300. The third-order valence-corrected chi connectivity index (χ3v) is 2.97. The molecule has 1 amide bonds. The van der Waals surface area contributed by atoms with Crippen molar-refractivity contribution in [1.29, 1.82) is 0 Å². The lowest BCUT2D eigenvalue weighted by molar-refractivity contribution is 0.0636. The minimum absolute atomic E-state index is 0.287. The Bertz CT molecular complexity index is 756. The molecule has 1 heterocycles. The van der Waals surface area contributed by atoms with E-state index in [0.717, 1.165) is 5.56 Å². The van der Waals surface area contributed by atoms with Gasteiger partial charge in [-0.3, -0.25) is 10.3 Å². The van der Waals surface area contributed by atoms with Crippen molar-refractivity contribution in [2.75, 3.05) is 11.9 Å². The summed E-state index contributed by atoms with van der Waals surface area (Å²) in [4.78, 5) is 15.9.